The number of hydrogen-bond donors (Lipinski definition) is 1. The first-order valence-electron chi connectivity index (χ1n) is 6.47. The lowest BCUT2D eigenvalue weighted by Crippen LogP contribution is -2.46. The van der Waals surface area contributed by atoms with Crippen LogP contribution in [-0.4, -0.2) is 56.2 Å². The van der Waals surface area contributed by atoms with Crippen molar-refractivity contribution in [2.24, 2.45) is 0 Å². The molecule has 0 radical (unpaired) electrons. The predicted octanol–water partition coefficient (Wildman–Crippen LogP) is 1.71. The van der Waals surface area contributed by atoms with E-state index >= 15 is 0 Å². The molecule has 0 amide bonds. The largest absolute Gasteiger partial charge is 0.374 e. The molecular weight excluding hydrogens is 224 g/mol. The molecule has 1 saturated heterocycles. The Morgan fingerprint density at radius 1 is 1.38 bits per heavy atom. The maximum absolute atomic E-state index is 5.71. The zero-order valence-electron chi connectivity index (χ0n) is 10.4. The molecule has 1 unspecified atom stereocenters. The predicted molar refractivity (Wildman–Crippen MR) is 69.3 cm³/mol. The van der Waals surface area contributed by atoms with E-state index in [0.717, 1.165) is 51.6 Å². The Bertz CT molecular complexity index is 169. The van der Waals surface area contributed by atoms with E-state index in [1.165, 1.54) is 12.8 Å². The van der Waals surface area contributed by atoms with Crippen LogP contribution in [0.4, 0.5) is 0 Å². The number of likely N-dealkylation sites (N-methyl/N-ethyl adjacent to an activating group) is 1. The van der Waals surface area contributed by atoms with Gasteiger partial charge in [-0.2, -0.15) is 0 Å². The van der Waals surface area contributed by atoms with Crippen LogP contribution in [0.3, 0.4) is 0 Å². The molecule has 1 heterocycles. The number of hydrogen-bond acceptors (Lipinski definition) is 3. The zero-order valence-corrected chi connectivity index (χ0v) is 11.1. The molecule has 1 aliphatic rings. The second-order valence-electron chi connectivity index (χ2n) is 4.34. The molecule has 1 rings (SSSR count). The maximum Gasteiger partial charge on any atom is 0.0826 e. The Morgan fingerprint density at radius 2 is 2.25 bits per heavy atom. The summed E-state index contributed by atoms with van der Waals surface area (Å²) in [5, 5.41) is 3.46. The van der Waals surface area contributed by atoms with Crippen molar-refractivity contribution in [1.29, 1.82) is 0 Å². The fourth-order valence-electron chi connectivity index (χ4n) is 1.98. The lowest BCUT2D eigenvalue weighted by molar-refractivity contribution is -0.0251. The van der Waals surface area contributed by atoms with Gasteiger partial charge in [-0.25, -0.2) is 0 Å². The lowest BCUT2D eigenvalue weighted by atomic mass is 10.2. The van der Waals surface area contributed by atoms with Crippen molar-refractivity contribution in [2.45, 2.75) is 32.3 Å². The summed E-state index contributed by atoms with van der Waals surface area (Å²) >= 11 is 5.62. The molecule has 1 aliphatic heterocycles. The average molecular weight is 249 g/mol. The maximum atomic E-state index is 5.71. The van der Waals surface area contributed by atoms with Gasteiger partial charge >= 0.3 is 0 Å². The Morgan fingerprint density at radius 3 is 3.00 bits per heavy atom. The molecule has 0 bridgehead atoms. The number of halogens is 1. The van der Waals surface area contributed by atoms with Gasteiger partial charge in [-0.3, -0.25) is 4.90 Å². The zero-order chi connectivity index (χ0) is 11.6. The van der Waals surface area contributed by atoms with E-state index in [4.69, 9.17) is 16.3 Å². The Hall–Kier alpha value is 0.170. The van der Waals surface area contributed by atoms with Crippen molar-refractivity contribution in [3.63, 3.8) is 0 Å². The molecule has 0 aliphatic carbocycles. The third-order valence-corrected chi connectivity index (χ3v) is 3.30. The number of nitrogens with zero attached hydrogens (tertiary/aromatic N) is 1. The van der Waals surface area contributed by atoms with Crippen LogP contribution in [0.1, 0.15) is 26.2 Å². The summed E-state index contributed by atoms with van der Waals surface area (Å²) in [5.41, 5.74) is 0. The molecule has 0 spiro atoms. The number of morpholine rings is 1. The minimum absolute atomic E-state index is 0.377. The van der Waals surface area contributed by atoms with Crippen molar-refractivity contribution >= 4 is 11.6 Å². The number of unbranched alkanes of at least 4 members (excludes halogenated alkanes) is 2. The SMILES string of the molecule is CCN1CCOC(CNCCCCCCl)C1. The van der Waals surface area contributed by atoms with Crippen molar-refractivity contribution in [3.8, 4) is 0 Å². The summed E-state index contributed by atoms with van der Waals surface area (Å²) < 4.78 is 5.71. The Kier molecular flexibility index (Phi) is 8.21. The third kappa shape index (κ3) is 6.04. The van der Waals surface area contributed by atoms with E-state index in [-0.39, 0.29) is 0 Å². The first-order chi connectivity index (χ1) is 7.86. The van der Waals surface area contributed by atoms with Gasteiger partial charge in [0.1, 0.15) is 0 Å². The van der Waals surface area contributed by atoms with E-state index in [9.17, 15) is 0 Å². The van der Waals surface area contributed by atoms with Crippen molar-refractivity contribution in [3.05, 3.63) is 0 Å². The van der Waals surface area contributed by atoms with Crippen LogP contribution in [0.25, 0.3) is 0 Å². The molecule has 0 aromatic heterocycles. The monoisotopic (exact) mass is 248 g/mol. The Labute approximate surface area is 104 Å². The summed E-state index contributed by atoms with van der Waals surface area (Å²) in [6.07, 6.45) is 3.95. The highest BCUT2D eigenvalue weighted by atomic mass is 35.5. The molecule has 3 nitrogen and oxygen atoms in total. The van der Waals surface area contributed by atoms with Gasteiger partial charge in [-0.05, 0) is 25.9 Å². The number of nitrogens with one attached hydrogen (secondary N) is 1. The van der Waals surface area contributed by atoms with Gasteiger partial charge in [-0.15, -0.1) is 11.6 Å². The molecule has 1 N–H and O–H groups in total. The van der Waals surface area contributed by atoms with Crippen LogP contribution in [0.2, 0.25) is 0 Å². The van der Waals surface area contributed by atoms with Gasteiger partial charge < -0.3 is 10.1 Å². The van der Waals surface area contributed by atoms with Gasteiger partial charge in [0.25, 0.3) is 0 Å². The smallest absolute Gasteiger partial charge is 0.0826 e. The quantitative estimate of drug-likeness (QED) is 0.523. The van der Waals surface area contributed by atoms with E-state index < -0.39 is 0 Å². The van der Waals surface area contributed by atoms with E-state index in [0.29, 0.717) is 6.10 Å². The fourth-order valence-corrected chi connectivity index (χ4v) is 2.16. The third-order valence-electron chi connectivity index (χ3n) is 3.03. The van der Waals surface area contributed by atoms with Crippen molar-refractivity contribution in [2.75, 3.05) is 45.2 Å². The van der Waals surface area contributed by atoms with Crippen LogP contribution < -0.4 is 5.32 Å². The topological polar surface area (TPSA) is 24.5 Å². The first-order valence-corrected chi connectivity index (χ1v) is 7.01. The molecule has 0 aromatic carbocycles. The average Bonchev–Trinajstić information content (AvgIpc) is 2.34. The van der Waals surface area contributed by atoms with E-state index in [1.54, 1.807) is 0 Å². The number of rotatable bonds is 8. The minimum Gasteiger partial charge on any atom is -0.374 e. The first kappa shape index (κ1) is 14.2. The normalized spacial score (nSPS) is 22.5. The fraction of sp³-hybridized carbons (Fsp3) is 1.00. The van der Waals surface area contributed by atoms with Crippen LogP contribution >= 0.6 is 11.6 Å². The number of ether oxygens (including phenoxy) is 1. The summed E-state index contributed by atoms with van der Waals surface area (Å²) in [6, 6.07) is 0. The van der Waals surface area contributed by atoms with Crippen LogP contribution in [-0.2, 0) is 4.74 Å². The van der Waals surface area contributed by atoms with Gasteiger partial charge in [0.15, 0.2) is 0 Å². The summed E-state index contributed by atoms with van der Waals surface area (Å²) in [6.45, 7) is 8.46. The van der Waals surface area contributed by atoms with Crippen molar-refractivity contribution in [1.82, 2.24) is 10.2 Å². The molecular formula is C12H25ClN2O. The summed E-state index contributed by atoms with van der Waals surface area (Å²) in [7, 11) is 0. The molecule has 96 valence electrons. The van der Waals surface area contributed by atoms with Gasteiger partial charge in [0, 0.05) is 25.5 Å². The van der Waals surface area contributed by atoms with E-state index in [2.05, 4.69) is 17.1 Å². The van der Waals surface area contributed by atoms with Crippen LogP contribution in [0, 0.1) is 0 Å². The Balaban J connectivity index is 1.95. The molecule has 0 aromatic rings. The minimum atomic E-state index is 0.377. The van der Waals surface area contributed by atoms with E-state index in [1.807, 2.05) is 0 Å². The summed E-state index contributed by atoms with van der Waals surface area (Å²) in [5.74, 6) is 0.789. The van der Waals surface area contributed by atoms with Crippen LogP contribution in [0.5, 0.6) is 0 Å². The molecule has 0 saturated carbocycles. The summed E-state index contributed by atoms with van der Waals surface area (Å²) in [4.78, 5) is 2.45. The standard InChI is InChI=1S/C12H25ClN2O/c1-2-15-8-9-16-12(11-15)10-14-7-5-3-4-6-13/h12,14H,2-11H2,1H3. The van der Waals surface area contributed by atoms with Crippen molar-refractivity contribution < 1.29 is 4.74 Å². The second-order valence-corrected chi connectivity index (χ2v) is 4.72. The van der Waals surface area contributed by atoms with Gasteiger partial charge in [-0.1, -0.05) is 13.3 Å². The van der Waals surface area contributed by atoms with Gasteiger partial charge in [0.05, 0.1) is 12.7 Å². The highest BCUT2D eigenvalue weighted by Gasteiger charge is 2.18. The highest BCUT2D eigenvalue weighted by Crippen LogP contribution is 2.03. The molecule has 1 atom stereocenters. The molecule has 1 fully saturated rings. The molecule has 16 heavy (non-hydrogen) atoms. The second kappa shape index (κ2) is 9.23. The highest BCUT2D eigenvalue weighted by molar-refractivity contribution is 6.17. The van der Waals surface area contributed by atoms with Gasteiger partial charge in [0.2, 0.25) is 0 Å². The lowest BCUT2D eigenvalue weighted by Gasteiger charge is -2.32. The number of alkyl halides is 1. The van der Waals surface area contributed by atoms with Crippen LogP contribution in [0.15, 0.2) is 0 Å². The molecule has 4 heteroatoms.